The predicted octanol–water partition coefficient (Wildman–Crippen LogP) is 1.50. The molecule has 0 atom stereocenters. The van der Waals surface area contributed by atoms with Gasteiger partial charge in [-0.1, -0.05) is 18.9 Å². The summed E-state index contributed by atoms with van der Waals surface area (Å²) in [6.45, 7) is 2.23. The van der Waals surface area contributed by atoms with Crippen molar-refractivity contribution < 1.29 is 28.7 Å². The van der Waals surface area contributed by atoms with Crippen LogP contribution in [0.2, 0.25) is 0 Å². The highest BCUT2D eigenvalue weighted by atomic mass is 16.7. The van der Waals surface area contributed by atoms with E-state index in [1.54, 1.807) is 12.1 Å². The van der Waals surface area contributed by atoms with Gasteiger partial charge in [-0.25, -0.2) is 9.69 Å². The summed E-state index contributed by atoms with van der Waals surface area (Å²) in [5.74, 6) is -0.869. The molecule has 1 aliphatic carbocycles. The third-order valence-electron chi connectivity index (χ3n) is 5.61. The van der Waals surface area contributed by atoms with Gasteiger partial charge in [0.05, 0.1) is 0 Å². The number of likely N-dealkylation sites (N-methyl/N-ethyl adjacent to an activating group) is 1. The van der Waals surface area contributed by atoms with Crippen molar-refractivity contribution in [2.24, 2.45) is 0 Å². The van der Waals surface area contributed by atoms with Crippen molar-refractivity contribution in [3.8, 4) is 11.5 Å². The maximum Gasteiger partial charge on any atom is 0.334 e. The lowest BCUT2D eigenvalue weighted by molar-refractivity contribution is -0.145. The lowest BCUT2D eigenvalue weighted by atomic mass is 10.2. The van der Waals surface area contributed by atoms with Gasteiger partial charge < -0.3 is 14.4 Å². The predicted molar refractivity (Wildman–Crippen MR) is 99.9 cm³/mol. The van der Waals surface area contributed by atoms with E-state index in [9.17, 15) is 19.2 Å². The number of carbonyl (C=O) groups excluding carboxylic acids is 4. The first-order valence-corrected chi connectivity index (χ1v) is 9.85. The Morgan fingerprint density at radius 3 is 2.55 bits per heavy atom. The highest BCUT2D eigenvalue weighted by molar-refractivity contribution is 6.45. The average Bonchev–Trinajstić information content (AvgIpc) is 3.44. The summed E-state index contributed by atoms with van der Waals surface area (Å²) < 4.78 is 10.6. The molecule has 1 aromatic carbocycles. The monoisotopic (exact) mass is 401 g/mol. The van der Waals surface area contributed by atoms with Crippen LogP contribution in [0.1, 0.15) is 38.2 Å². The second kappa shape index (κ2) is 7.73. The van der Waals surface area contributed by atoms with Crippen LogP contribution in [0.5, 0.6) is 11.5 Å². The first kappa shape index (κ1) is 19.2. The van der Waals surface area contributed by atoms with Crippen LogP contribution in [0.3, 0.4) is 0 Å². The Hall–Kier alpha value is -3.10. The van der Waals surface area contributed by atoms with Crippen molar-refractivity contribution in [2.75, 3.05) is 19.9 Å². The summed E-state index contributed by atoms with van der Waals surface area (Å²) in [6.07, 6.45) is 3.26. The van der Waals surface area contributed by atoms with Crippen LogP contribution >= 0.6 is 0 Å². The number of benzene rings is 1. The Kier molecular flexibility index (Phi) is 5.12. The molecule has 9 heteroatoms. The van der Waals surface area contributed by atoms with E-state index in [2.05, 4.69) is 0 Å². The molecule has 0 radical (unpaired) electrons. The maximum absolute atomic E-state index is 12.8. The number of ether oxygens (including phenoxy) is 2. The van der Waals surface area contributed by atoms with E-state index < -0.39 is 30.3 Å². The summed E-state index contributed by atoms with van der Waals surface area (Å²) in [5.41, 5.74) is 0.840. The molecule has 2 fully saturated rings. The van der Waals surface area contributed by atoms with Crippen LogP contribution in [0.15, 0.2) is 18.2 Å². The Morgan fingerprint density at radius 1 is 1.10 bits per heavy atom. The van der Waals surface area contributed by atoms with Crippen LogP contribution in [0, 0.1) is 0 Å². The first-order valence-electron chi connectivity index (χ1n) is 9.85. The van der Waals surface area contributed by atoms with Gasteiger partial charge in [0.15, 0.2) is 11.5 Å². The van der Waals surface area contributed by atoms with E-state index in [-0.39, 0.29) is 12.8 Å². The van der Waals surface area contributed by atoms with Crippen molar-refractivity contribution in [2.45, 2.75) is 45.2 Å². The fourth-order valence-corrected chi connectivity index (χ4v) is 4.02. The molecule has 29 heavy (non-hydrogen) atoms. The smallest absolute Gasteiger partial charge is 0.334 e. The molecule has 9 nitrogen and oxygen atoms in total. The number of hydrogen-bond donors (Lipinski definition) is 0. The van der Waals surface area contributed by atoms with E-state index in [0.717, 1.165) is 28.2 Å². The van der Waals surface area contributed by atoms with E-state index in [1.165, 1.54) is 4.90 Å². The second-order valence-electron chi connectivity index (χ2n) is 7.38. The molecule has 2 heterocycles. The summed E-state index contributed by atoms with van der Waals surface area (Å²) >= 11 is 0. The molecular formula is C20H23N3O6. The molecular weight excluding hydrogens is 378 g/mol. The minimum atomic E-state index is -0.922. The van der Waals surface area contributed by atoms with Crippen LogP contribution in [-0.4, -0.2) is 64.4 Å². The van der Waals surface area contributed by atoms with E-state index >= 15 is 0 Å². The highest BCUT2D eigenvalue weighted by Crippen LogP contribution is 2.33. The van der Waals surface area contributed by atoms with Crippen LogP contribution in [0.25, 0.3) is 0 Å². The number of nitrogens with zero attached hydrogens (tertiary/aromatic N) is 3. The minimum absolute atomic E-state index is 0.167. The lowest BCUT2D eigenvalue weighted by Crippen LogP contribution is -2.44. The molecule has 1 saturated heterocycles. The topological polar surface area (TPSA) is 96.5 Å². The van der Waals surface area contributed by atoms with Gasteiger partial charge in [0, 0.05) is 19.1 Å². The van der Waals surface area contributed by atoms with Gasteiger partial charge in [-0.2, -0.15) is 0 Å². The third-order valence-corrected chi connectivity index (χ3v) is 5.61. The van der Waals surface area contributed by atoms with Gasteiger partial charge in [-0.05, 0) is 37.5 Å². The molecule has 1 saturated carbocycles. The highest BCUT2D eigenvalue weighted by Gasteiger charge is 2.48. The molecule has 154 valence electrons. The maximum atomic E-state index is 12.8. The normalized spacial score (nSPS) is 18.9. The van der Waals surface area contributed by atoms with Crippen LogP contribution in [0.4, 0.5) is 4.79 Å². The summed E-state index contributed by atoms with van der Waals surface area (Å²) in [6, 6.07) is 4.49. The van der Waals surface area contributed by atoms with Crippen LogP contribution < -0.4 is 9.47 Å². The Bertz CT molecular complexity index is 864. The zero-order valence-corrected chi connectivity index (χ0v) is 16.3. The Morgan fingerprint density at radius 2 is 1.83 bits per heavy atom. The second-order valence-corrected chi connectivity index (χ2v) is 7.38. The molecule has 0 spiro atoms. The first-order chi connectivity index (χ1) is 14.0. The van der Waals surface area contributed by atoms with Gasteiger partial charge >= 0.3 is 17.8 Å². The number of amides is 5. The lowest BCUT2D eigenvalue weighted by Gasteiger charge is -2.24. The summed E-state index contributed by atoms with van der Waals surface area (Å²) in [7, 11) is 0. The summed E-state index contributed by atoms with van der Waals surface area (Å²) in [4.78, 5) is 53.4. The molecule has 0 bridgehead atoms. The zero-order chi connectivity index (χ0) is 20.5. The SMILES string of the molecule is CCN(Cc1ccc2c(c1)OCO2)C(=O)CN1C(=O)C(=O)N(C2CCCC2)C1=O. The fraction of sp³-hybridized carbons (Fsp3) is 0.500. The molecule has 5 amide bonds. The van der Waals surface area contributed by atoms with Gasteiger partial charge in [0.25, 0.3) is 0 Å². The summed E-state index contributed by atoms with van der Waals surface area (Å²) in [5, 5.41) is 0. The quantitative estimate of drug-likeness (QED) is 0.529. The number of fused-ring (bicyclic) bond motifs is 1. The number of imide groups is 2. The fourth-order valence-electron chi connectivity index (χ4n) is 4.02. The van der Waals surface area contributed by atoms with Crippen molar-refractivity contribution in [1.29, 1.82) is 0 Å². The van der Waals surface area contributed by atoms with Crippen molar-refractivity contribution >= 4 is 23.8 Å². The van der Waals surface area contributed by atoms with Gasteiger partial charge in [0.1, 0.15) is 6.54 Å². The number of carbonyl (C=O) groups is 4. The van der Waals surface area contributed by atoms with Gasteiger partial charge in [0.2, 0.25) is 12.7 Å². The van der Waals surface area contributed by atoms with Crippen LogP contribution in [-0.2, 0) is 20.9 Å². The van der Waals surface area contributed by atoms with E-state index in [4.69, 9.17) is 9.47 Å². The largest absolute Gasteiger partial charge is 0.454 e. The number of rotatable bonds is 6. The average molecular weight is 401 g/mol. The van der Waals surface area contributed by atoms with Gasteiger partial charge in [-0.15, -0.1) is 0 Å². The minimum Gasteiger partial charge on any atom is -0.454 e. The number of urea groups is 1. The Labute approximate surface area is 168 Å². The molecule has 0 aromatic heterocycles. The van der Waals surface area contributed by atoms with Crippen molar-refractivity contribution in [3.05, 3.63) is 23.8 Å². The van der Waals surface area contributed by atoms with E-state index in [0.29, 0.717) is 37.4 Å². The van der Waals surface area contributed by atoms with Crippen molar-refractivity contribution in [1.82, 2.24) is 14.7 Å². The van der Waals surface area contributed by atoms with Crippen molar-refractivity contribution in [3.63, 3.8) is 0 Å². The third kappa shape index (κ3) is 3.52. The van der Waals surface area contributed by atoms with Gasteiger partial charge in [-0.3, -0.25) is 19.3 Å². The number of hydrogen-bond acceptors (Lipinski definition) is 6. The Balaban J connectivity index is 1.43. The molecule has 4 rings (SSSR count). The molecule has 0 N–H and O–H groups in total. The molecule has 0 unspecified atom stereocenters. The molecule has 2 aliphatic heterocycles. The zero-order valence-electron chi connectivity index (χ0n) is 16.3. The van der Waals surface area contributed by atoms with E-state index in [1.807, 2.05) is 13.0 Å². The molecule has 3 aliphatic rings. The molecule has 1 aromatic rings. The standard InChI is InChI=1S/C20H23N3O6/c1-2-21(10-13-7-8-15-16(9-13)29-12-28-15)17(24)11-22-18(25)19(26)23(20(22)27)14-5-3-4-6-14/h7-9,14H,2-6,10-12H2,1H3.